The van der Waals surface area contributed by atoms with Gasteiger partial charge in [-0.05, 0) is 18.8 Å². The number of amides is 2. The molecule has 0 aromatic carbocycles. The molecule has 0 spiro atoms. The van der Waals surface area contributed by atoms with E-state index in [0.29, 0.717) is 0 Å². The van der Waals surface area contributed by atoms with Gasteiger partial charge in [0.1, 0.15) is 6.54 Å². The van der Waals surface area contributed by atoms with Gasteiger partial charge in [0, 0.05) is 12.6 Å². The van der Waals surface area contributed by atoms with E-state index in [9.17, 15) is 18.0 Å². The van der Waals surface area contributed by atoms with E-state index in [1.807, 2.05) is 0 Å². The minimum absolute atomic E-state index is 0.0207. The van der Waals surface area contributed by atoms with E-state index in [1.165, 1.54) is 0 Å². The van der Waals surface area contributed by atoms with E-state index in [4.69, 9.17) is 0 Å². The Hall–Kier alpha value is -0.940. The molecule has 1 rings (SSSR count). The summed E-state index contributed by atoms with van der Waals surface area (Å²) in [7, 11) is 0. The number of nitrogens with zero attached hydrogens (tertiary/aromatic N) is 1. The highest BCUT2D eigenvalue weighted by Gasteiger charge is 2.34. The van der Waals surface area contributed by atoms with Crippen LogP contribution in [-0.4, -0.2) is 36.2 Å². The number of nitrogens with one attached hydrogen (secondary N) is 1. The normalized spacial score (nSPS) is 16.4. The predicted octanol–water partition coefficient (Wildman–Crippen LogP) is 2.38. The molecule has 0 bridgehead atoms. The first-order chi connectivity index (χ1) is 7.28. The highest BCUT2D eigenvalue weighted by molar-refractivity contribution is 5.74. The van der Waals surface area contributed by atoms with Crippen LogP contribution in [0.3, 0.4) is 0 Å². The van der Waals surface area contributed by atoms with Crippen LogP contribution >= 0.6 is 0 Å². The predicted molar refractivity (Wildman–Crippen MR) is 54.0 cm³/mol. The van der Waals surface area contributed by atoms with E-state index < -0.39 is 18.8 Å². The lowest BCUT2D eigenvalue weighted by atomic mass is 10.2. The van der Waals surface area contributed by atoms with Crippen LogP contribution in [0.2, 0.25) is 0 Å². The first kappa shape index (κ1) is 13.1. The van der Waals surface area contributed by atoms with E-state index >= 15 is 0 Å². The molecular formula is C10H17F3N2O. The number of carbonyl (C=O) groups excluding carboxylic acids is 1. The highest BCUT2D eigenvalue weighted by Crippen LogP contribution is 2.21. The SMILES string of the molecule is CC(C)CN(CC(F)(F)F)C(=O)NC1CC1. The molecule has 1 N–H and O–H groups in total. The summed E-state index contributed by atoms with van der Waals surface area (Å²) in [6, 6.07) is -0.524. The summed E-state index contributed by atoms with van der Waals surface area (Å²) in [5.41, 5.74) is 0. The molecule has 1 fully saturated rings. The minimum Gasteiger partial charge on any atom is -0.335 e. The fourth-order valence-electron chi connectivity index (χ4n) is 1.37. The van der Waals surface area contributed by atoms with Gasteiger partial charge < -0.3 is 10.2 Å². The van der Waals surface area contributed by atoms with Crippen molar-refractivity contribution in [1.82, 2.24) is 10.2 Å². The van der Waals surface area contributed by atoms with E-state index in [0.717, 1.165) is 17.7 Å². The van der Waals surface area contributed by atoms with Crippen molar-refractivity contribution in [2.45, 2.75) is 38.9 Å². The van der Waals surface area contributed by atoms with Gasteiger partial charge in [0.05, 0.1) is 0 Å². The second-order valence-corrected chi connectivity index (χ2v) is 4.61. The Morgan fingerprint density at radius 2 is 2.00 bits per heavy atom. The molecular weight excluding hydrogens is 221 g/mol. The number of carbonyl (C=O) groups is 1. The van der Waals surface area contributed by atoms with Crippen LogP contribution in [0.25, 0.3) is 0 Å². The Morgan fingerprint density at radius 1 is 1.44 bits per heavy atom. The zero-order valence-corrected chi connectivity index (χ0v) is 9.47. The van der Waals surface area contributed by atoms with Crippen molar-refractivity contribution < 1.29 is 18.0 Å². The van der Waals surface area contributed by atoms with E-state index in [1.54, 1.807) is 13.8 Å². The molecule has 0 aromatic heterocycles. The van der Waals surface area contributed by atoms with Crippen LogP contribution in [0.4, 0.5) is 18.0 Å². The third-order valence-corrected chi connectivity index (χ3v) is 2.15. The van der Waals surface area contributed by atoms with Crippen LogP contribution in [0.15, 0.2) is 0 Å². The lowest BCUT2D eigenvalue weighted by molar-refractivity contribution is -0.140. The van der Waals surface area contributed by atoms with Gasteiger partial charge in [0.15, 0.2) is 0 Å². The molecule has 0 atom stereocenters. The van der Waals surface area contributed by atoms with Crippen LogP contribution in [0.5, 0.6) is 0 Å². The molecule has 0 aliphatic heterocycles. The van der Waals surface area contributed by atoms with E-state index in [2.05, 4.69) is 5.32 Å². The summed E-state index contributed by atoms with van der Waals surface area (Å²) in [4.78, 5) is 12.4. The quantitative estimate of drug-likeness (QED) is 0.801. The van der Waals surface area contributed by atoms with Crippen molar-refractivity contribution in [3.05, 3.63) is 0 Å². The molecule has 6 heteroatoms. The molecule has 2 amide bonds. The number of hydrogen-bond acceptors (Lipinski definition) is 1. The zero-order chi connectivity index (χ0) is 12.3. The molecule has 0 heterocycles. The summed E-state index contributed by atoms with van der Waals surface area (Å²) < 4.78 is 36.7. The summed E-state index contributed by atoms with van der Waals surface area (Å²) in [6.45, 7) is 2.52. The molecule has 0 aromatic rings. The van der Waals surface area contributed by atoms with E-state index in [-0.39, 0.29) is 18.5 Å². The molecule has 94 valence electrons. The van der Waals surface area contributed by atoms with Gasteiger partial charge in [-0.25, -0.2) is 4.79 Å². The molecule has 1 saturated carbocycles. The molecule has 1 aliphatic carbocycles. The maximum Gasteiger partial charge on any atom is 0.406 e. The van der Waals surface area contributed by atoms with Crippen molar-refractivity contribution in [3.63, 3.8) is 0 Å². The number of halogens is 3. The smallest absolute Gasteiger partial charge is 0.335 e. The highest BCUT2D eigenvalue weighted by atomic mass is 19.4. The lowest BCUT2D eigenvalue weighted by Gasteiger charge is -2.25. The maximum absolute atomic E-state index is 12.2. The number of hydrogen-bond donors (Lipinski definition) is 1. The summed E-state index contributed by atoms with van der Waals surface area (Å²) in [6.07, 6.45) is -2.60. The van der Waals surface area contributed by atoms with Crippen LogP contribution in [0, 0.1) is 5.92 Å². The first-order valence-corrected chi connectivity index (χ1v) is 5.40. The fraction of sp³-hybridized carbons (Fsp3) is 0.900. The van der Waals surface area contributed by atoms with Crippen LogP contribution < -0.4 is 5.32 Å². The number of rotatable bonds is 4. The van der Waals surface area contributed by atoms with Crippen molar-refractivity contribution >= 4 is 6.03 Å². The number of alkyl halides is 3. The Balaban J connectivity index is 2.50. The van der Waals surface area contributed by atoms with Crippen molar-refractivity contribution in [2.75, 3.05) is 13.1 Å². The van der Waals surface area contributed by atoms with Crippen molar-refractivity contribution in [1.29, 1.82) is 0 Å². The van der Waals surface area contributed by atoms with Gasteiger partial charge in [-0.15, -0.1) is 0 Å². The Bertz CT molecular complexity index is 249. The largest absolute Gasteiger partial charge is 0.406 e. The molecule has 0 unspecified atom stereocenters. The fourth-order valence-corrected chi connectivity index (χ4v) is 1.37. The third kappa shape index (κ3) is 5.23. The zero-order valence-electron chi connectivity index (χ0n) is 9.47. The third-order valence-electron chi connectivity index (χ3n) is 2.15. The number of urea groups is 1. The van der Waals surface area contributed by atoms with Crippen LogP contribution in [0.1, 0.15) is 26.7 Å². The van der Waals surface area contributed by atoms with Gasteiger partial charge in [-0.3, -0.25) is 0 Å². The lowest BCUT2D eigenvalue weighted by Crippen LogP contribution is -2.47. The van der Waals surface area contributed by atoms with Gasteiger partial charge in [-0.2, -0.15) is 13.2 Å². The monoisotopic (exact) mass is 238 g/mol. The Morgan fingerprint density at radius 3 is 2.38 bits per heavy atom. The van der Waals surface area contributed by atoms with Crippen LogP contribution in [-0.2, 0) is 0 Å². The van der Waals surface area contributed by atoms with Gasteiger partial charge >= 0.3 is 12.2 Å². The molecule has 16 heavy (non-hydrogen) atoms. The molecule has 0 saturated heterocycles. The minimum atomic E-state index is -4.34. The molecule has 0 radical (unpaired) electrons. The second-order valence-electron chi connectivity index (χ2n) is 4.61. The molecule has 1 aliphatic rings. The Kier molecular flexibility index (Phi) is 4.04. The van der Waals surface area contributed by atoms with Gasteiger partial charge in [0.2, 0.25) is 0 Å². The average molecular weight is 238 g/mol. The molecule has 3 nitrogen and oxygen atoms in total. The second kappa shape index (κ2) is 4.93. The standard InChI is InChI=1S/C10H17F3N2O/c1-7(2)5-15(6-10(11,12)13)9(16)14-8-3-4-8/h7-8H,3-6H2,1-2H3,(H,14,16). The average Bonchev–Trinajstić information content (AvgIpc) is 2.83. The Labute approximate surface area is 93.0 Å². The summed E-state index contributed by atoms with van der Waals surface area (Å²) in [5.74, 6) is 0.0207. The first-order valence-electron chi connectivity index (χ1n) is 5.40. The van der Waals surface area contributed by atoms with Gasteiger partial charge in [0.25, 0.3) is 0 Å². The van der Waals surface area contributed by atoms with Crippen molar-refractivity contribution in [3.8, 4) is 0 Å². The van der Waals surface area contributed by atoms with Gasteiger partial charge in [-0.1, -0.05) is 13.8 Å². The van der Waals surface area contributed by atoms with Crippen molar-refractivity contribution in [2.24, 2.45) is 5.92 Å². The maximum atomic E-state index is 12.2. The summed E-state index contributed by atoms with van der Waals surface area (Å²) in [5, 5.41) is 2.57. The topological polar surface area (TPSA) is 32.3 Å². The summed E-state index contributed by atoms with van der Waals surface area (Å²) >= 11 is 0.